The average molecular weight is 267 g/mol. The molecule has 0 saturated heterocycles. The molecule has 0 spiro atoms. The summed E-state index contributed by atoms with van der Waals surface area (Å²) >= 11 is 0. The van der Waals surface area contributed by atoms with E-state index in [9.17, 15) is 0 Å². The van der Waals surface area contributed by atoms with Crippen molar-refractivity contribution < 1.29 is 0 Å². The van der Waals surface area contributed by atoms with Crippen LogP contribution >= 0.6 is 0 Å². The molecule has 0 fully saturated rings. The van der Waals surface area contributed by atoms with Gasteiger partial charge in [0.15, 0.2) is 0 Å². The average Bonchev–Trinajstić information content (AvgIpc) is 2.85. The van der Waals surface area contributed by atoms with Gasteiger partial charge in [-0.1, -0.05) is 30.3 Å². The number of nitrogens with zero attached hydrogens (tertiary/aromatic N) is 3. The Hall–Kier alpha value is -2.30. The second-order valence-corrected chi connectivity index (χ2v) is 5.39. The highest BCUT2D eigenvalue weighted by Crippen LogP contribution is 2.41. The van der Waals surface area contributed by atoms with Crippen LogP contribution in [-0.2, 0) is 0 Å². The lowest BCUT2D eigenvalue weighted by Crippen LogP contribution is -2.27. The predicted molar refractivity (Wildman–Crippen MR) is 78.1 cm³/mol. The minimum absolute atomic E-state index is 0.132. The number of fused-ring (bicyclic) bond motifs is 1. The van der Waals surface area contributed by atoms with Crippen LogP contribution in [0, 0.1) is 0 Å². The molecule has 4 rings (SSSR count). The number of hydrogen-bond donors (Lipinski definition) is 2. The standard InChI is InChI=1S/C15H17N5/c16-14-18-15-17-12-9-5-4-8-11(12)13(20(15)19-14)10-6-2-1-3-7-10/h1-3,6-7,13H,4-5,8-9H2,(H3,16,17,18,19)/t13-/m0/s1. The zero-order chi connectivity index (χ0) is 13.5. The third-order valence-corrected chi connectivity index (χ3v) is 4.11. The molecule has 5 nitrogen and oxygen atoms in total. The van der Waals surface area contributed by atoms with Gasteiger partial charge in [-0.2, -0.15) is 4.98 Å². The first-order valence-corrected chi connectivity index (χ1v) is 7.09. The highest BCUT2D eigenvalue weighted by Gasteiger charge is 2.32. The molecular formula is C15H17N5. The Kier molecular flexibility index (Phi) is 2.52. The van der Waals surface area contributed by atoms with E-state index in [2.05, 4.69) is 39.7 Å². The van der Waals surface area contributed by atoms with Gasteiger partial charge in [0, 0.05) is 5.70 Å². The van der Waals surface area contributed by atoms with Crippen LogP contribution in [0.2, 0.25) is 0 Å². The van der Waals surface area contributed by atoms with Gasteiger partial charge < -0.3 is 11.1 Å². The number of anilines is 2. The summed E-state index contributed by atoms with van der Waals surface area (Å²) in [5.74, 6) is 1.09. The van der Waals surface area contributed by atoms with E-state index in [1.54, 1.807) is 0 Å². The molecule has 0 saturated carbocycles. The SMILES string of the molecule is Nc1nc2n(n1)[C@@H](c1ccccc1)C1=C(CCCC1)N2. The Labute approximate surface area is 117 Å². The maximum Gasteiger partial charge on any atom is 0.241 e. The minimum Gasteiger partial charge on any atom is -0.366 e. The van der Waals surface area contributed by atoms with Gasteiger partial charge in [-0.15, -0.1) is 5.10 Å². The van der Waals surface area contributed by atoms with Crippen molar-refractivity contribution in [1.29, 1.82) is 0 Å². The van der Waals surface area contributed by atoms with Crippen LogP contribution in [0.1, 0.15) is 37.3 Å². The monoisotopic (exact) mass is 267 g/mol. The minimum atomic E-state index is 0.132. The van der Waals surface area contributed by atoms with Crippen LogP contribution in [-0.4, -0.2) is 14.8 Å². The molecule has 20 heavy (non-hydrogen) atoms. The van der Waals surface area contributed by atoms with Crippen LogP contribution in [0.25, 0.3) is 0 Å². The smallest absolute Gasteiger partial charge is 0.241 e. The number of hydrogen-bond acceptors (Lipinski definition) is 4. The molecule has 1 atom stereocenters. The lowest BCUT2D eigenvalue weighted by Gasteiger charge is -2.33. The van der Waals surface area contributed by atoms with E-state index in [4.69, 9.17) is 5.73 Å². The van der Waals surface area contributed by atoms with Gasteiger partial charge in [-0.25, -0.2) is 4.68 Å². The first-order valence-electron chi connectivity index (χ1n) is 7.09. The number of allylic oxidation sites excluding steroid dienone is 2. The molecule has 1 aliphatic heterocycles. The van der Waals surface area contributed by atoms with Crippen molar-refractivity contribution in [3.05, 3.63) is 47.2 Å². The van der Waals surface area contributed by atoms with E-state index in [0.29, 0.717) is 5.95 Å². The largest absolute Gasteiger partial charge is 0.366 e. The molecule has 1 aromatic carbocycles. The van der Waals surface area contributed by atoms with Crippen LogP contribution < -0.4 is 11.1 Å². The predicted octanol–water partition coefficient (Wildman–Crippen LogP) is 2.70. The van der Waals surface area contributed by atoms with Crippen LogP contribution in [0.5, 0.6) is 0 Å². The molecule has 102 valence electrons. The third-order valence-electron chi connectivity index (χ3n) is 4.11. The van der Waals surface area contributed by atoms with E-state index < -0.39 is 0 Å². The van der Waals surface area contributed by atoms with Crippen LogP contribution in [0.3, 0.4) is 0 Å². The molecule has 5 heteroatoms. The molecule has 1 aromatic heterocycles. The van der Waals surface area contributed by atoms with Gasteiger partial charge in [0.05, 0.1) is 0 Å². The van der Waals surface area contributed by atoms with E-state index in [-0.39, 0.29) is 6.04 Å². The molecule has 0 amide bonds. The lowest BCUT2D eigenvalue weighted by molar-refractivity contribution is 0.518. The normalized spacial score (nSPS) is 21.1. The fourth-order valence-electron chi connectivity index (χ4n) is 3.24. The summed E-state index contributed by atoms with van der Waals surface area (Å²) in [6.07, 6.45) is 4.67. The lowest BCUT2D eigenvalue weighted by atomic mass is 9.86. The highest BCUT2D eigenvalue weighted by atomic mass is 15.4. The fourth-order valence-corrected chi connectivity index (χ4v) is 3.24. The third kappa shape index (κ3) is 1.70. The summed E-state index contributed by atoms with van der Waals surface area (Å²) in [4.78, 5) is 4.30. The summed E-state index contributed by atoms with van der Waals surface area (Å²) < 4.78 is 1.93. The molecule has 2 aliphatic rings. The van der Waals surface area contributed by atoms with Gasteiger partial charge in [-0.05, 0) is 36.8 Å². The number of rotatable bonds is 1. The van der Waals surface area contributed by atoms with Crippen molar-refractivity contribution in [2.24, 2.45) is 0 Å². The molecule has 3 N–H and O–H groups in total. The highest BCUT2D eigenvalue weighted by molar-refractivity contribution is 5.50. The summed E-state index contributed by atoms with van der Waals surface area (Å²) in [6.45, 7) is 0. The quantitative estimate of drug-likeness (QED) is 0.833. The van der Waals surface area contributed by atoms with E-state index in [1.165, 1.54) is 29.7 Å². The Morgan fingerprint density at radius 3 is 2.80 bits per heavy atom. The van der Waals surface area contributed by atoms with Gasteiger partial charge in [0.25, 0.3) is 0 Å². The number of benzene rings is 1. The van der Waals surface area contributed by atoms with Crippen molar-refractivity contribution in [2.75, 3.05) is 11.1 Å². The van der Waals surface area contributed by atoms with Gasteiger partial charge in [0.2, 0.25) is 11.9 Å². The van der Waals surface area contributed by atoms with Crippen LogP contribution in [0.15, 0.2) is 41.6 Å². The van der Waals surface area contributed by atoms with Crippen molar-refractivity contribution in [2.45, 2.75) is 31.7 Å². The van der Waals surface area contributed by atoms with Crippen molar-refractivity contribution >= 4 is 11.9 Å². The fraction of sp³-hybridized carbons (Fsp3) is 0.333. The van der Waals surface area contributed by atoms with Gasteiger partial charge in [0.1, 0.15) is 6.04 Å². The number of nitrogens with one attached hydrogen (secondary N) is 1. The Bertz CT molecular complexity index is 671. The summed E-state index contributed by atoms with van der Waals surface area (Å²) in [6, 6.07) is 10.6. The molecule has 0 radical (unpaired) electrons. The van der Waals surface area contributed by atoms with Crippen molar-refractivity contribution in [3.63, 3.8) is 0 Å². The van der Waals surface area contributed by atoms with E-state index in [1.807, 2.05) is 10.7 Å². The zero-order valence-electron chi connectivity index (χ0n) is 11.2. The Balaban J connectivity index is 1.89. The number of nitrogens with two attached hydrogens (primary N) is 1. The number of nitrogen functional groups attached to an aromatic ring is 1. The van der Waals surface area contributed by atoms with Crippen molar-refractivity contribution in [1.82, 2.24) is 14.8 Å². The Morgan fingerprint density at radius 2 is 1.95 bits per heavy atom. The summed E-state index contributed by atoms with van der Waals surface area (Å²) in [5.41, 5.74) is 9.77. The molecule has 1 aliphatic carbocycles. The molecule has 2 aromatic rings. The second kappa shape index (κ2) is 4.37. The first-order chi connectivity index (χ1) is 9.83. The molecule has 2 heterocycles. The maximum atomic E-state index is 5.79. The summed E-state index contributed by atoms with van der Waals surface area (Å²) in [7, 11) is 0. The molecular weight excluding hydrogens is 250 g/mol. The zero-order valence-corrected chi connectivity index (χ0v) is 11.2. The maximum absolute atomic E-state index is 5.79. The summed E-state index contributed by atoms with van der Waals surface area (Å²) in [5, 5.41) is 7.80. The van der Waals surface area contributed by atoms with Gasteiger partial charge >= 0.3 is 0 Å². The second-order valence-electron chi connectivity index (χ2n) is 5.39. The van der Waals surface area contributed by atoms with Gasteiger partial charge in [-0.3, -0.25) is 0 Å². The topological polar surface area (TPSA) is 68.8 Å². The van der Waals surface area contributed by atoms with E-state index in [0.717, 1.165) is 18.8 Å². The molecule has 0 unspecified atom stereocenters. The Morgan fingerprint density at radius 1 is 1.15 bits per heavy atom. The van der Waals surface area contributed by atoms with E-state index >= 15 is 0 Å². The first kappa shape index (κ1) is 11.5. The number of aromatic nitrogens is 3. The molecule has 0 bridgehead atoms. The van der Waals surface area contributed by atoms with Crippen molar-refractivity contribution in [3.8, 4) is 0 Å². The van der Waals surface area contributed by atoms with Crippen LogP contribution in [0.4, 0.5) is 11.9 Å².